The Labute approximate surface area is 184 Å². The van der Waals surface area contributed by atoms with Crippen LogP contribution in [0.15, 0.2) is 34.0 Å². The summed E-state index contributed by atoms with van der Waals surface area (Å²) in [4.78, 5) is 42.1. The molecule has 30 heavy (non-hydrogen) atoms. The van der Waals surface area contributed by atoms with E-state index < -0.39 is 0 Å². The summed E-state index contributed by atoms with van der Waals surface area (Å²) < 4.78 is 0.779. The molecule has 1 saturated heterocycles. The van der Waals surface area contributed by atoms with Gasteiger partial charge >= 0.3 is 0 Å². The highest BCUT2D eigenvalue weighted by molar-refractivity contribution is 8.01. The van der Waals surface area contributed by atoms with E-state index in [1.165, 1.54) is 36.4 Å². The number of hydrogen-bond donors (Lipinski definition) is 2. The number of benzene rings is 1. The van der Waals surface area contributed by atoms with Crippen molar-refractivity contribution in [2.45, 2.75) is 37.4 Å². The highest BCUT2D eigenvalue weighted by Gasteiger charge is 2.21. The van der Waals surface area contributed by atoms with Gasteiger partial charge in [0.15, 0.2) is 4.34 Å². The molecular formula is C21H26N4O3S2. The van der Waals surface area contributed by atoms with Crippen molar-refractivity contribution in [1.29, 1.82) is 0 Å². The molecule has 2 N–H and O–H groups in total. The molecule has 2 heterocycles. The third-order valence-corrected chi connectivity index (χ3v) is 6.76. The lowest BCUT2D eigenvalue weighted by atomic mass is 10.00. The monoisotopic (exact) mass is 446 g/mol. The normalized spacial score (nSPS) is 16.2. The maximum atomic E-state index is 12.5. The van der Waals surface area contributed by atoms with E-state index in [0.717, 1.165) is 29.5 Å². The predicted octanol–water partition coefficient (Wildman–Crippen LogP) is 3.63. The summed E-state index contributed by atoms with van der Waals surface area (Å²) in [6, 6.07) is 6.94. The Bertz CT molecular complexity index is 898. The average molecular weight is 447 g/mol. The molecule has 1 atom stereocenters. The number of likely N-dealkylation sites (tertiary alicyclic amines) is 1. The Kier molecular flexibility index (Phi) is 7.87. The lowest BCUT2D eigenvalue weighted by Crippen LogP contribution is -2.39. The molecule has 0 bridgehead atoms. The summed E-state index contributed by atoms with van der Waals surface area (Å²) in [6.45, 7) is 5.29. The van der Waals surface area contributed by atoms with Gasteiger partial charge in [0.1, 0.15) is 0 Å². The molecule has 0 saturated carbocycles. The third-order valence-electron chi connectivity index (χ3n) is 4.69. The molecule has 9 heteroatoms. The van der Waals surface area contributed by atoms with Crippen LogP contribution in [0.1, 0.15) is 32.4 Å². The molecule has 1 unspecified atom stereocenters. The summed E-state index contributed by atoms with van der Waals surface area (Å²) >= 11 is 2.81. The second kappa shape index (κ2) is 10.6. The summed E-state index contributed by atoms with van der Waals surface area (Å²) in [5.41, 5.74) is 2.11. The van der Waals surface area contributed by atoms with Gasteiger partial charge in [0, 0.05) is 36.8 Å². The standard InChI is InChI=1S/C21H26N4O3S2/c1-14-4-3-9-25(11-14)20(28)10-18-12-29-21(24-18)30-13-19(27)23-17-7-5-16(6-8-17)22-15(2)26/h5-8,12,14H,3-4,9-11,13H2,1-2H3,(H,22,26)(H,23,27). The van der Waals surface area contributed by atoms with Gasteiger partial charge in [-0.3, -0.25) is 14.4 Å². The SMILES string of the molecule is CC(=O)Nc1ccc(NC(=O)CSc2nc(CC(=O)N3CCCC(C)C3)cs2)cc1. The number of thioether (sulfide) groups is 1. The molecule has 7 nitrogen and oxygen atoms in total. The summed E-state index contributed by atoms with van der Waals surface area (Å²) in [5.74, 6) is 0.645. The van der Waals surface area contributed by atoms with Gasteiger partial charge in [0.2, 0.25) is 17.7 Å². The van der Waals surface area contributed by atoms with E-state index in [0.29, 0.717) is 23.7 Å². The van der Waals surface area contributed by atoms with Gasteiger partial charge in [-0.05, 0) is 43.0 Å². The number of anilines is 2. The zero-order valence-corrected chi connectivity index (χ0v) is 18.8. The van der Waals surface area contributed by atoms with Crippen molar-refractivity contribution in [1.82, 2.24) is 9.88 Å². The minimum atomic E-state index is -0.141. The molecule has 160 valence electrons. The Hall–Kier alpha value is -2.39. The van der Waals surface area contributed by atoms with Crippen LogP contribution in [0.25, 0.3) is 0 Å². The fourth-order valence-electron chi connectivity index (χ4n) is 3.28. The lowest BCUT2D eigenvalue weighted by Gasteiger charge is -2.30. The number of thiazole rings is 1. The lowest BCUT2D eigenvalue weighted by molar-refractivity contribution is -0.132. The zero-order chi connectivity index (χ0) is 21.5. The molecule has 0 spiro atoms. The molecule has 1 fully saturated rings. The Morgan fingerprint density at radius 1 is 1.20 bits per heavy atom. The molecule has 0 radical (unpaired) electrons. The van der Waals surface area contributed by atoms with Crippen LogP contribution in [-0.2, 0) is 20.8 Å². The van der Waals surface area contributed by atoms with Crippen LogP contribution < -0.4 is 10.6 Å². The first kappa shape index (κ1) is 22.3. The van der Waals surface area contributed by atoms with Crippen molar-refractivity contribution < 1.29 is 14.4 Å². The highest BCUT2D eigenvalue weighted by atomic mass is 32.2. The number of piperidine rings is 1. The number of nitrogens with zero attached hydrogens (tertiary/aromatic N) is 2. The number of nitrogens with one attached hydrogen (secondary N) is 2. The van der Waals surface area contributed by atoms with Crippen molar-refractivity contribution in [2.75, 3.05) is 29.5 Å². The van der Waals surface area contributed by atoms with Gasteiger partial charge in [0.05, 0.1) is 17.9 Å². The van der Waals surface area contributed by atoms with Crippen LogP contribution in [0, 0.1) is 5.92 Å². The second-order valence-electron chi connectivity index (χ2n) is 7.46. The van der Waals surface area contributed by atoms with Crippen LogP contribution in [0.3, 0.4) is 0 Å². The average Bonchev–Trinajstić information content (AvgIpc) is 3.15. The quantitative estimate of drug-likeness (QED) is 0.634. The smallest absolute Gasteiger partial charge is 0.234 e. The van der Waals surface area contributed by atoms with E-state index in [1.54, 1.807) is 24.3 Å². The maximum absolute atomic E-state index is 12.5. The topological polar surface area (TPSA) is 91.4 Å². The minimum absolute atomic E-state index is 0.129. The van der Waals surface area contributed by atoms with E-state index in [4.69, 9.17) is 0 Å². The molecule has 1 aromatic heterocycles. The number of hydrogen-bond acceptors (Lipinski definition) is 6. The molecule has 3 rings (SSSR count). The molecular weight excluding hydrogens is 420 g/mol. The molecule has 1 aliphatic heterocycles. The Morgan fingerprint density at radius 3 is 2.57 bits per heavy atom. The Morgan fingerprint density at radius 2 is 1.90 bits per heavy atom. The van der Waals surface area contributed by atoms with Crippen LogP contribution in [0.5, 0.6) is 0 Å². The first-order chi connectivity index (χ1) is 14.4. The summed E-state index contributed by atoms with van der Waals surface area (Å²) in [5, 5.41) is 7.40. The van der Waals surface area contributed by atoms with Gasteiger partial charge in [-0.15, -0.1) is 11.3 Å². The van der Waals surface area contributed by atoms with Crippen LogP contribution in [0.4, 0.5) is 11.4 Å². The number of aromatic nitrogens is 1. The van der Waals surface area contributed by atoms with Crippen molar-refractivity contribution in [3.8, 4) is 0 Å². The van der Waals surface area contributed by atoms with Gasteiger partial charge < -0.3 is 15.5 Å². The van der Waals surface area contributed by atoms with Crippen molar-refractivity contribution in [2.24, 2.45) is 5.92 Å². The summed E-state index contributed by atoms with van der Waals surface area (Å²) in [7, 11) is 0. The number of carbonyl (C=O) groups excluding carboxylic acids is 3. The van der Waals surface area contributed by atoms with E-state index >= 15 is 0 Å². The van der Waals surface area contributed by atoms with E-state index in [-0.39, 0.29) is 23.5 Å². The van der Waals surface area contributed by atoms with Crippen LogP contribution in [0.2, 0.25) is 0 Å². The number of carbonyl (C=O) groups is 3. The van der Waals surface area contributed by atoms with Gasteiger partial charge in [0.25, 0.3) is 0 Å². The number of amides is 3. The van der Waals surface area contributed by atoms with Crippen LogP contribution >= 0.6 is 23.1 Å². The maximum Gasteiger partial charge on any atom is 0.234 e. The fourth-order valence-corrected chi connectivity index (χ4v) is 4.93. The molecule has 1 aromatic carbocycles. The second-order valence-corrected chi connectivity index (χ2v) is 9.54. The number of rotatable bonds is 7. The van der Waals surface area contributed by atoms with Crippen LogP contribution in [-0.4, -0.2) is 46.4 Å². The third kappa shape index (κ3) is 6.84. The zero-order valence-electron chi connectivity index (χ0n) is 17.1. The minimum Gasteiger partial charge on any atom is -0.342 e. The first-order valence-electron chi connectivity index (χ1n) is 9.91. The predicted molar refractivity (Wildman–Crippen MR) is 121 cm³/mol. The van der Waals surface area contributed by atoms with E-state index in [1.807, 2.05) is 10.3 Å². The fraction of sp³-hybridized carbons (Fsp3) is 0.429. The van der Waals surface area contributed by atoms with Gasteiger partial charge in [-0.25, -0.2) is 4.98 Å². The first-order valence-corrected chi connectivity index (χ1v) is 11.8. The van der Waals surface area contributed by atoms with Crippen molar-refractivity contribution >= 4 is 52.2 Å². The van der Waals surface area contributed by atoms with E-state index in [2.05, 4.69) is 22.5 Å². The largest absolute Gasteiger partial charge is 0.342 e. The molecule has 1 aliphatic rings. The van der Waals surface area contributed by atoms with E-state index in [9.17, 15) is 14.4 Å². The molecule has 2 aromatic rings. The Balaban J connectivity index is 1.43. The summed E-state index contributed by atoms with van der Waals surface area (Å²) in [6.07, 6.45) is 2.57. The molecule has 0 aliphatic carbocycles. The molecule has 3 amide bonds. The van der Waals surface area contributed by atoms with Crippen molar-refractivity contribution in [3.63, 3.8) is 0 Å². The van der Waals surface area contributed by atoms with Gasteiger partial charge in [-0.1, -0.05) is 18.7 Å². The van der Waals surface area contributed by atoms with Gasteiger partial charge in [-0.2, -0.15) is 0 Å². The van der Waals surface area contributed by atoms with Crippen molar-refractivity contribution in [3.05, 3.63) is 35.3 Å². The highest BCUT2D eigenvalue weighted by Crippen LogP contribution is 2.24.